The zero-order valence-corrected chi connectivity index (χ0v) is 19.3. The first-order valence-electron chi connectivity index (χ1n) is 10.7. The van der Waals surface area contributed by atoms with Crippen molar-refractivity contribution in [2.24, 2.45) is 4.99 Å². The van der Waals surface area contributed by atoms with Crippen molar-refractivity contribution in [1.29, 1.82) is 0 Å². The fourth-order valence-corrected chi connectivity index (χ4v) is 3.72. The summed E-state index contributed by atoms with van der Waals surface area (Å²) >= 11 is 0. The van der Waals surface area contributed by atoms with Crippen LogP contribution in [0.25, 0.3) is 10.9 Å². The second-order valence-electron chi connectivity index (χ2n) is 8.03. The molecule has 2 heterocycles. The van der Waals surface area contributed by atoms with E-state index in [1.54, 1.807) is 14.2 Å². The Morgan fingerprint density at radius 3 is 2.50 bits per heavy atom. The van der Waals surface area contributed by atoms with E-state index in [0.717, 1.165) is 41.1 Å². The molecule has 1 aliphatic heterocycles. The predicted molar refractivity (Wildman–Crippen MR) is 128 cm³/mol. The van der Waals surface area contributed by atoms with E-state index in [1.165, 1.54) is 16.7 Å². The second kappa shape index (κ2) is 9.40. The lowest BCUT2D eigenvalue weighted by Gasteiger charge is -2.27. The van der Waals surface area contributed by atoms with Gasteiger partial charge in [-0.3, -0.25) is 10.2 Å². The van der Waals surface area contributed by atoms with Gasteiger partial charge in [-0.1, -0.05) is 6.07 Å². The number of nitrogens with zero attached hydrogens (tertiary/aromatic N) is 4. The van der Waals surface area contributed by atoms with Crippen molar-refractivity contribution < 1.29 is 9.47 Å². The lowest BCUT2D eigenvalue weighted by molar-refractivity contribution is 0.268. The molecule has 1 aliphatic rings. The number of ether oxygens (including phenoxy) is 2. The molecule has 0 saturated heterocycles. The van der Waals surface area contributed by atoms with Crippen molar-refractivity contribution in [3.05, 3.63) is 52.7 Å². The van der Waals surface area contributed by atoms with Crippen molar-refractivity contribution >= 4 is 22.8 Å². The van der Waals surface area contributed by atoms with E-state index < -0.39 is 0 Å². The van der Waals surface area contributed by atoms with Gasteiger partial charge in [-0.05, 0) is 68.1 Å². The quantitative estimate of drug-likeness (QED) is 0.615. The Hall–Kier alpha value is -3.39. The Labute approximate surface area is 188 Å². The zero-order valence-electron chi connectivity index (χ0n) is 19.3. The normalized spacial score (nSPS) is 14.1. The third-order valence-electron chi connectivity index (χ3n) is 5.80. The van der Waals surface area contributed by atoms with E-state index in [9.17, 15) is 0 Å². The minimum atomic E-state index is 0.559. The molecule has 0 bridgehead atoms. The van der Waals surface area contributed by atoms with E-state index in [-0.39, 0.29) is 0 Å². The van der Waals surface area contributed by atoms with Crippen LogP contribution >= 0.6 is 0 Å². The zero-order chi connectivity index (χ0) is 22.7. The molecule has 2 N–H and O–H groups in total. The predicted octanol–water partition coefficient (Wildman–Crippen LogP) is 3.40. The van der Waals surface area contributed by atoms with Crippen LogP contribution in [0.5, 0.6) is 11.5 Å². The van der Waals surface area contributed by atoms with Gasteiger partial charge >= 0.3 is 0 Å². The number of nitrogens with one attached hydrogen (secondary N) is 2. The summed E-state index contributed by atoms with van der Waals surface area (Å²) in [5.74, 6) is 2.74. The summed E-state index contributed by atoms with van der Waals surface area (Å²) in [6.45, 7) is 8.40. The number of fused-ring (bicyclic) bond motifs is 1. The third-order valence-corrected chi connectivity index (χ3v) is 5.80. The Morgan fingerprint density at radius 1 is 1.00 bits per heavy atom. The van der Waals surface area contributed by atoms with Crippen molar-refractivity contribution in [2.75, 3.05) is 39.4 Å². The highest BCUT2D eigenvalue weighted by Gasteiger charge is 2.14. The monoisotopic (exact) mass is 434 g/mol. The molecule has 1 aromatic heterocycles. The minimum absolute atomic E-state index is 0.559. The largest absolute Gasteiger partial charge is 0.493 e. The molecular formula is C24H30N6O2. The Bertz CT molecular complexity index is 1160. The van der Waals surface area contributed by atoms with Gasteiger partial charge in [0.1, 0.15) is 0 Å². The summed E-state index contributed by atoms with van der Waals surface area (Å²) in [5, 5.41) is 7.63. The van der Waals surface area contributed by atoms with Gasteiger partial charge in [0.2, 0.25) is 11.9 Å². The third kappa shape index (κ3) is 4.75. The van der Waals surface area contributed by atoms with E-state index in [1.807, 2.05) is 19.1 Å². The highest BCUT2D eigenvalue weighted by Crippen LogP contribution is 2.27. The second-order valence-corrected chi connectivity index (χ2v) is 8.03. The van der Waals surface area contributed by atoms with Crippen LogP contribution in [0.15, 0.2) is 35.3 Å². The van der Waals surface area contributed by atoms with E-state index in [4.69, 9.17) is 9.47 Å². The smallest absolute Gasteiger partial charge is 0.230 e. The summed E-state index contributed by atoms with van der Waals surface area (Å²) in [6.07, 6.45) is 0.895. The van der Waals surface area contributed by atoms with Gasteiger partial charge in [0.25, 0.3) is 0 Å². The van der Waals surface area contributed by atoms with E-state index in [0.29, 0.717) is 25.2 Å². The van der Waals surface area contributed by atoms with Crippen LogP contribution in [-0.2, 0) is 6.42 Å². The highest BCUT2D eigenvalue weighted by molar-refractivity contribution is 5.93. The number of aromatic nitrogens is 2. The van der Waals surface area contributed by atoms with Gasteiger partial charge in [0.15, 0.2) is 11.5 Å². The Kier molecular flexibility index (Phi) is 6.41. The SMILES string of the molecule is COc1ccc(CCN2CN=C(Nc3nc(C)c4cc(C)c(C)cc4n3)NC2)cc1OC. The number of rotatable bonds is 6. The number of aryl methyl sites for hydroxylation is 3. The van der Waals surface area contributed by atoms with Crippen LogP contribution in [-0.4, -0.2) is 54.9 Å². The molecule has 3 aromatic rings. The molecule has 8 nitrogen and oxygen atoms in total. The molecule has 4 rings (SSSR count). The maximum atomic E-state index is 5.39. The topological polar surface area (TPSA) is 83.9 Å². The number of hydrogen-bond acceptors (Lipinski definition) is 8. The molecule has 0 fully saturated rings. The van der Waals surface area contributed by atoms with Crippen molar-refractivity contribution in [1.82, 2.24) is 20.2 Å². The first-order chi connectivity index (χ1) is 15.5. The fourth-order valence-electron chi connectivity index (χ4n) is 3.72. The highest BCUT2D eigenvalue weighted by atomic mass is 16.5. The molecule has 8 heteroatoms. The van der Waals surface area contributed by atoms with E-state index >= 15 is 0 Å². The van der Waals surface area contributed by atoms with Gasteiger partial charge in [-0.15, -0.1) is 0 Å². The molecule has 0 saturated carbocycles. The molecule has 0 amide bonds. The van der Waals surface area contributed by atoms with Gasteiger partial charge in [-0.25, -0.2) is 15.0 Å². The number of guanidine groups is 1. The van der Waals surface area contributed by atoms with Crippen LogP contribution in [0.3, 0.4) is 0 Å². The molecule has 168 valence electrons. The van der Waals surface area contributed by atoms with E-state index in [2.05, 4.69) is 62.5 Å². The molecular weight excluding hydrogens is 404 g/mol. The standard InChI is InChI=1S/C24H30N6O2/c1-15-10-19-17(3)27-24(28-20(19)11-16(15)2)29-23-25-13-30(14-26-23)9-8-18-6-7-21(31-4)22(12-18)32-5/h6-7,10-12H,8-9,13-14H2,1-5H3,(H2,25,26,27,28,29). The van der Waals surface area contributed by atoms with Crippen molar-refractivity contribution in [3.63, 3.8) is 0 Å². The number of methoxy groups -OCH3 is 2. The summed E-state index contributed by atoms with van der Waals surface area (Å²) in [7, 11) is 3.30. The molecule has 2 aromatic carbocycles. The number of aliphatic imine (C=N–C) groups is 1. The fraction of sp³-hybridized carbons (Fsp3) is 0.375. The summed E-state index contributed by atoms with van der Waals surface area (Å²) in [5.41, 5.74) is 5.56. The summed E-state index contributed by atoms with van der Waals surface area (Å²) < 4.78 is 10.7. The number of benzene rings is 2. The van der Waals surface area contributed by atoms with Crippen LogP contribution in [0.4, 0.5) is 5.95 Å². The Balaban J connectivity index is 1.37. The molecule has 0 atom stereocenters. The minimum Gasteiger partial charge on any atom is -0.493 e. The van der Waals surface area contributed by atoms with Crippen molar-refractivity contribution in [2.45, 2.75) is 27.2 Å². The van der Waals surface area contributed by atoms with Crippen LogP contribution < -0.4 is 20.1 Å². The maximum absolute atomic E-state index is 5.39. The van der Waals surface area contributed by atoms with Gasteiger partial charge in [0.05, 0.1) is 38.8 Å². The van der Waals surface area contributed by atoms with Crippen LogP contribution in [0.1, 0.15) is 22.4 Å². The average Bonchev–Trinajstić information content (AvgIpc) is 2.80. The van der Waals surface area contributed by atoms with Gasteiger partial charge < -0.3 is 14.8 Å². The molecule has 32 heavy (non-hydrogen) atoms. The maximum Gasteiger partial charge on any atom is 0.230 e. The summed E-state index contributed by atoms with van der Waals surface area (Å²) in [6, 6.07) is 10.3. The number of hydrogen-bond donors (Lipinski definition) is 2. The first-order valence-corrected chi connectivity index (χ1v) is 10.7. The van der Waals surface area contributed by atoms with Gasteiger partial charge in [-0.2, -0.15) is 0 Å². The van der Waals surface area contributed by atoms with Crippen LogP contribution in [0, 0.1) is 20.8 Å². The molecule has 0 aliphatic carbocycles. The molecule has 0 spiro atoms. The van der Waals surface area contributed by atoms with Crippen LogP contribution in [0.2, 0.25) is 0 Å². The Morgan fingerprint density at radius 2 is 1.78 bits per heavy atom. The lowest BCUT2D eigenvalue weighted by Crippen LogP contribution is -2.46. The number of anilines is 1. The lowest BCUT2D eigenvalue weighted by atomic mass is 10.1. The average molecular weight is 435 g/mol. The van der Waals surface area contributed by atoms with Crippen molar-refractivity contribution in [3.8, 4) is 11.5 Å². The summed E-state index contributed by atoms with van der Waals surface area (Å²) in [4.78, 5) is 16.1. The van der Waals surface area contributed by atoms with Gasteiger partial charge in [0, 0.05) is 11.9 Å². The molecule has 0 radical (unpaired) electrons. The first kappa shape index (κ1) is 21.8. The molecule has 0 unspecified atom stereocenters.